The Morgan fingerprint density at radius 3 is 2.94 bits per heavy atom. The summed E-state index contributed by atoms with van der Waals surface area (Å²) in [4.78, 5) is 4.46. The standard InChI is InChI=1S/C12H13BrN2S/c1-14-12-15-11(8-16-12)6-5-9-3-2-4-10(13)7-9/h2-4,7-8H,5-6H2,1H3,(H,14,15). The Hall–Kier alpha value is -0.870. The molecule has 2 nitrogen and oxygen atoms in total. The van der Waals surface area contributed by atoms with Gasteiger partial charge < -0.3 is 5.32 Å². The van der Waals surface area contributed by atoms with Gasteiger partial charge in [-0.3, -0.25) is 0 Å². The Morgan fingerprint density at radius 1 is 1.38 bits per heavy atom. The van der Waals surface area contributed by atoms with Crippen molar-refractivity contribution in [2.75, 3.05) is 12.4 Å². The van der Waals surface area contributed by atoms with Crippen LogP contribution in [0.4, 0.5) is 5.13 Å². The summed E-state index contributed by atoms with van der Waals surface area (Å²) in [6.07, 6.45) is 2.03. The van der Waals surface area contributed by atoms with E-state index in [1.54, 1.807) is 11.3 Å². The number of hydrogen-bond acceptors (Lipinski definition) is 3. The molecule has 4 heteroatoms. The molecule has 1 aromatic heterocycles. The minimum absolute atomic E-state index is 0.990. The van der Waals surface area contributed by atoms with E-state index in [1.165, 1.54) is 5.56 Å². The van der Waals surface area contributed by atoms with Gasteiger partial charge in [0, 0.05) is 16.9 Å². The number of aryl methyl sites for hydroxylation is 2. The Bertz CT molecular complexity index is 468. The van der Waals surface area contributed by atoms with Crippen LogP contribution in [-0.4, -0.2) is 12.0 Å². The Labute approximate surface area is 108 Å². The summed E-state index contributed by atoms with van der Waals surface area (Å²) in [5, 5.41) is 6.16. The highest BCUT2D eigenvalue weighted by Crippen LogP contribution is 2.17. The lowest BCUT2D eigenvalue weighted by atomic mass is 10.1. The molecule has 0 unspecified atom stereocenters. The van der Waals surface area contributed by atoms with Crippen LogP contribution >= 0.6 is 27.3 Å². The van der Waals surface area contributed by atoms with Gasteiger partial charge in [0.05, 0.1) is 5.69 Å². The average molecular weight is 297 g/mol. The van der Waals surface area contributed by atoms with Crippen LogP contribution in [0.25, 0.3) is 0 Å². The summed E-state index contributed by atoms with van der Waals surface area (Å²) in [5.74, 6) is 0. The molecular formula is C12H13BrN2S. The molecule has 0 aliphatic rings. The molecule has 0 atom stereocenters. The maximum Gasteiger partial charge on any atom is 0.182 e. The van der Waals surface area contributed by atoms with Gasteiger partial charge in [0.1, 0.15) is 0 Å². The van der Waals surface area contributed by atoms with Crippen LogP contribution in [0.15, 0.2) is 34.1 Å². The Morgan fingerprint density at radius 2 is 2.25 bits per heavy atom. The Kier molecular flexibility index (Phi) is 3.96. The number of halogens is 1. The lowest BCUT2D eigenvalue weighted by Gasteiger charge is -2.00. The molecule has 0 aliphatic carbocycles. The molecule has 1 N–H and O–H groups in total. The molecule has 0 aliphatic heterocycles. The summed E-state index contributed by atoms with van der Waals surface area (Å²) in [6, 6.07) is 8.42. The van der Waals surface area contributed by atoms with Crippen molar-refractivity contribution in [3.8, 4) is 0 Å². The number of benzene rings is 1. The fourth-order valence-corrected chi connectivity index (χ4v) is 2.65. The van der Waals surface area contributed by atoms with E-state index in [1.807, 2.05) is 13.1 Å². The quantitative estimate of drug-likeness (QED) is 0.930. The second-order valence-corrected chi connectivity index (χ2v) is 5.30. The van der Waals surface area contributed by atoms with E-state index in [9.17, 15) is 0 Å². The summed E-state index contributed by atoms with van der Waals surface area (Å²) >= 11 is 5.14. The molecule has 2 rings (SSSR count). The van der Waals surface area contributed by atoms with Gasteiger partial charge >= 0.3 is 0 Å². The molecule has 0 radical (unpaired) electrons. The van der Waals surface area contributed by atoms with Crippen LogP contribution in [0, 0.1) is 0 Å². The first-order valence-corrected chi connectivity index (χ1v) is 6.82. The molecule has 0 saturated heterocycles. The summed E-state index contributed by atoms with van der Waals surface area (Å²) in [6.45, 7) is 0. The van der Waals surface area contributed by atoms with Crippen molar-refractivity contribution in [3.05, 3.63) is 45.4 Å². The van der Waals surface area contributed by atoms with Gasteiger partial charge in [-0.15, -0.1) is 11.3 Å². The van der Waals surface area contributed by atoms with Crippen molar-refractivity contribution in [3.63, 3.8) is 0 Å². The molecule has 0 bridgehead atoms. The largest absolute Gasteiger partial charge is 0.365 e. The van der Waals surface area contributed by atoms with Gasteiger partial charge in [-0.2, -0.15) is 0 Å². The molecule has 0 spiro atoms. The van der Waals surface area contributed by atoms with Gasteiger partial charge in [0.15, 0.2) is 5.13 Å². The molecule has 0 fully saturated rings. The predicted molar refractivity (Wildman–Crippen MR) is 73.2 cm³/mol. The molecule has 84 valence electrons. The predicted octanol–water partition coefficient (Wildman–Crippen LogP) is 3.73. The van der Waals surface area contributed by atoms with Crippen molar-refractivity contribution in [1.82, 2.24) is 4.98 Å². The second-order valence-electron chi connectivity index (χ2n) is 3.52. The number of anilines is 1. The number of thiazole rings is 1. The number of nitrogens with one attached hydrogen (secondary N) is 1. The van der Waals surface area contributed by atoms with Crippen molar-refractivity contribution < 1.29 is 0 Å². The highest BCUT2D eigenvalue weighted by Gasteiger charge is 2.01. The average Bonchev–Trinajstić information content (AvgIpc) is 2.74. The highest BCUT2D eigenvalue weighted by molar-refractivity contribution is 9.10. The molecule has 2 aromatic rings. The molecule has 1 aromatic carbocycles. The summed E-state index contributed by atoms with van der Waals surface area (Å²) in [5.41, 5.74) is 2.50. The lowest BCUT2D eigenvalue weighted by Crippen LogP contribution is -1.93. The monoisotopic (exact) mass is 296 g/mol. The van der Waals surface area contributed by atoms with E-state index in [2.05, 4.69) is 49.8 Å². The highest BCUT2D eigenvalue weighted by atomic mass is 79.9. The third-order valence-electron chi connectivity index (χ3n) is 2.32. The van der Waals surface area contributed by atoms with Crippen LogP contribution in [-0.2, 0) is 12.8 Å². The van der Waals surface area contributed by atoms with Crippen LogP contribution in [0.3, 0.4) is 0 Å². The number of nitrogens with zero attached hydrogens (tertiary/aromatic N) is 1. The number of rotatable bonds is 4. The molecule has 0 amide bonds. The maximum atomic E-state index is 4.46. The fraction of sp³-hybridized carbons (Fsp3) is 0.250. The summed E-state index contributed by atoms with van der Waals surface area (Å²) < 4.78 is 1.14. The zero-order chi connectivity index (χ0) is 11.4. The van der Waals surface area contributed by atoms with E-state index in [0.29, 0.717) is 0 Å². The van der Waals surface area contributed by atoms with Crippen molar-refractivity contribution in [2.24, 2.45) is 0 Å². The van der Waals surface area contributed by atoms with E-state index in [4.69, 9.17) is 0 Å². The van der Waals surface area contributed by atoms with Gasteiger partial charge in [-0.05, 0) is 30.5 Å². The Balaban J connectivity index is 1.96. The van der Waals surface area contributed by atoms with Crippen LogP contribution in [0.2, 0.25) is 0 Å². The van der Waals surface area contributed by atoms with E-state index in [0.717, 1.165) is 28.1 Å². The first kappa shape index (κ1) is 11.6. The van der Waals surface area contributed by atoms with E-state index < -0.39 is 0 Å². The first-order valence-electron chi connectivity index (χ1n) is 5.14. The third-order valence-corrected chi connectivity index (χ3v) is 3.73. The number of aromatic nitrogens is 1. The van der Waals surface area contributed by atoms with Gasteiger partial charge in [-0.25, -0.2) is 4.98 Å². The normalized spacial score (nSPS) is 10.4. The smallest absolute Gasteiger partial charge is 0.182 e. The first-order chi connectivity index (χ1) is 7.78. The molecular weight excluding hydrogens is 284 g/mol. The fourth-order valence-electron chi connectivity index (χ4n) is 1.50. The van der Waals surface area contributed by atoms with Crippen molar-refractivity contribution in [2.45, 2.75) is 12.8 Å². The second kappa shape index (κ2) is 5.46. The minimum Gasteiger partial charge on any atom is -0.365 e. The zero-order valence-electron chi connectivity index (χ0n) is 9.03. The summed E-state index contributed by atoms with van der Waals surface area (Å²) in [7, 11) is 1.90. The minimum atomic E-state index is 0.990. The third kappa shape index (κ3) is 3.06. The van der Waals surface area contributed by atoms with Crippen molar-refractivity contribution >= 4 is 32.4 Å². The van der Waals surface area contributed by atoms with Crippen LogP contribution in [0.5, 0.6) is 0 Å². The molecule has 1 heterocycles. The van der Waals surface area contributed by atoms with Crippen LogP contribution in [0.1, 0.15) is 11.3 Å². The van der Waals surface area contributed by atoms with E-state index >= 15 is 0 Å². The maximum absolute atomic E-state index is 4.46. The van der Waals surface area contributed by atoms with Gasteiger partial charge in [0.25, 0.3) is 0 Å². The van der Waals surface area contributed by atoms with E-state index in [-0.39, 0.29) is 0 Å². The van der Waals surface area contributed by atoms with Crippen LogP contribution < -0.4 is 5.32 Å². The van der Waals surface area contributed by atoms with Crippen molar-refractivity contribution in [1.29, 1.82) is 0 Å². The van der Waals surface area contributed by atoms with Gasteiger partial charge in [-0.1, -0.05) is 28.1 Å². The number of hydrogen-bond donors (Lipinski definition) is 1. The molecule has 16 heavy (non-hydrogen) atoms. The van der Waals surface area contributed by atoms with Gasteiger partial charge in [0.2, 0.25) is 0 Å². The lowest BCUT2D eigenvalue weighted by molar-refractivity contribution is 0.926. The topological polar surface area (TPSA) is 24.9 Å². The SMILES string of the molecule is CNc1nc(CCc2cccc(Br)c2)cs1. The zero-order valence-corrected chi connectivity index (χ0v) is 11.4. The molecule has 0 saturated carbocycles.